The number of nitrogens with one attached hydrogen (secondary N) is 1. The van der Waals surface area contributed by atoms with Crippen LogP contribution in [0.3, 0.4) is 0 Å². The smallest absolute Gasteiger partial charge is 0.408 e. The fraction of sp³-hybridized carbons (Fsp3) is 0.333. The number of benzene rings is 1. The lowest BCUT2D eigenvalue weighted by Crippen LogP contribution is -2.42. The van der Waals surface area contributed by atoms with Crippen LogP contribution in [0.5, 0.6) is 5.75 Å². The third-order valence-electron chi connectivity index (χ3n) is 2.61. The summed E-state index contributed by atoms with van der Waals surface area (Å²) in [7, 11) is 1.59. The molecule has 1 aromatic rings. The largest absolute Gasteiger partial charge is 0.497 e. The molecule has 0 spiro atoms. The van der Waals surface area contributed by atoms with Gasteiger partial charge in [0.05, 0.1) is 7.11 Å². The molecular weight excluding hydrogens is 306 g/mol. The van der Waals surface area contributed by atoms with E-state index in [1.54, 1.807) is 7.11 Å². The van der Waals surface area contributed by atoms with Crippen molar-refractivity contribution in [2.45, 2.75) is 11.8 Å². The average Bonchev–Trinajstić information content (AvgIpc) is 2.52. The molecule has 1 atom stereocenters. The number of carbonyl (C=O) groups is 2. The van der Waals surface area contributed by atoms with E-state index in [2.05, 4.69) is 11.9 Å². The van der Waals surface area contributed by atoms with Gasteiger partial charge in [-0.05, 0) is 17.7 Å². The summed E-state index contributed by atoms with van der Waals surface area (Å²) in [5.41, 5.74) is 1.02. The van der Waals surface area contributed by atoms with Gasteiger partial charge in [-0.25, -0.2) is 9.59 Å². The third kappa shape index (κ3) is 6.53. The number of carbonyl (C=O) groups excluding carboxylic acids is 1. The number of methoxy groups -OCH3 is 1. The van der Waals surface area contributed by atoms with Crippen molar-refractivity contribution in [2.24, 2.45) is 0 Å². The number of aliphatic carboxylic acids is 1. The molecule has 0 bridgehead atoms. The van der Waals surface area contributed by atoms with Crippen LogP contribution in [0.25, 0.3) is 0 Å². The van der Waals surface area contributed by atoms with Crippen LogP contribution in [0, 0.1) is 0 Å². The van der Waals surface area contributed by atoms with E-state index in [0.29, 0.717) is 5.75 Å². The molecule has 22 heavy (non-hydrogen) atoms. The number of thioether (sulfide) groups is 1. The van der Waals surface area contributed by atoms with Gasteiger partial charge in [0, 0.05) is 11.5 Å². The van der Waals surface area contributed by atoms with Crippen LogP contribution in [0.1, 0.15) is 5.56 Å². The second-order valence-electron chi connectivity index (χ2n) is 4.29. The molecule has 0 saturated carbocycles. The van der Waals surface area contributed by atoms with Crippen molar-refractivity contribution in [3.63, 3.8) is 0 Å². The Bertz CT molecular complexity index is 520. The number of rotatable bonds is 9. The van der Waals surface area contributed by atoms with Crippen molar-refractivity contribution >= 4 is 23.8 Å². The van der Waals surface area contributed by atoms with Gasteiger partial charge in [0.15, 0.2) is 0 Å². The average molecular weight is 325 g/mol. The molecule has 0 heterocycles. The van der Waals surface area contributed by atoms with Crippen LogP contribution in [0.15, 0.2) is 36.9 Å². The zero-order valence-corrected chi connectivity index (χ0v) is 13.1. The predicted octanol–water partition coefficient (Wildman–Crippen LogP) is 2.29. The van der Waals surface area contributed by atoms with E-state index >= 15 is 0 Å². The van der Waals surface area contributed by atoms with Crippen LogP contribution in [0.4, 0.5) is 4.79 Å². The summed E-state index contributed by atoms with van der Waals surface area (Å²) in [6, 6.07) is 6.51. The van der Waals surface area contributed by atoms with Crippen molar-refractivity contribution < 1.29 is 24.2 Å². The van der Waals surface area contributed by atoms with Crippen molar-refractivity contribution in [1.29, 1.82) is 0 Å². The van der Waals surface area contributed by atoms with E-state index in [0.717, 1.165) is 11.3 Å². The first-order valence-corrected chi connectivity index (χ1v) is 7.70. The third-order valence-corrected chi connectivity index (χ3v) is 3.72. The maximum atomic E-state index is 11.4. The van der Waals surface area contributed by atoms with Crippen molar-refractivity contribution in [2.75, 3.05) is 19.5 Å². The highest BCUT2D eigenvalue weighted by molar-refractivity contribution is 7.98. The molecule has 6 nitrogen and oxygen atoms in total. The lowest BCUT2D eigenvalue weighted by atomic mass is 10.2. The summed E-state index contributed by atoms with van der Waals surface area (Å²) in [5.74, 6) is 0.493. The van der Waals surface area contributed by atoms with E-state index in [-0.39, 0.29) is 12.4 Å². The van der Waals surface area contributed by atoms with Gasteiger partial charge in [-0.2, -0.15) is 11.8 Å². The van der Waals surface area contributed by atoms with Crippen LogP contribution in [-0.4, -0.2) is 42.7 Å². The molecule has 1 unspecified atom stereocenters. The van der Waals surface area contributed by atoms with Gasteiger partial charge in [0.2, 0.25) is 0 Å². The standard InChI is InChI=1S/C15H19NO5S/c1-3-7-21-15(19)16-13(14(17)18)10-22-9-11-5-4-6-12(8-11)20-2/h3-6,8,13H,1,7,9-10H2,2H3,(H,16,19)(H,17,18). The van der Waals surface area contributed by atoms with Crippen molar-refractivity contribution in [3.8, 4) is 5.75 Å². The maximum absolute atomic E-state index is 11.4. The predicted molar refractivity (Wildman–Crippen MR) is 85.3 cm³/mol. The Morgan fingerprint density at radius 1 is 1.50 bits per heavy atom. The highest BCUT2D eigenvalue weighted by Crippen LogP contribution is 2.18. The molecule has 0 saturated heterocycles. The Balaban J connectivity index is 2.45. The molecular formula is C15H19NO5S. The van der Waals surface area contributed by atoms with Gasteiger partial charge in [-0.15, -0.1) is 0 Å². The number of carboxylic acids is 1. The summed E-state index contributed by atoms with van der Waals surface area (Å²) < 4.78 is 9.84. The summed E-state index contributed by atoms with van der Waals surface area (Å²) in [6.45, 7) is 3.45. The number of carboxylic acid groups (broad SMARTS) is 1. The fourth-order valence-electron chi connectivity index (χ4n) is 1.55. The molecule has 120 valence electrons. The Kier molecular flexibility index (Phi) is 7.91. The topological polar surface area (TPSA) is 84.9 Å². The minimum atomic E-state index is -1.10. The summed E-state index contributed by atoms with van der Waals surface area (Å²) in [6.07, 6.45) is 0.640. The second kappa shape index (κ2) is 9.73. The lowest BCUT2D eigenvalue weighted by molar-refractivity contribution is -0.138. The first kappa shape index (κ1) is 17.9. The second-order valence-corrected chi connectivity index (χ2v) is 5.32. The Labute approximate surface area is 133 Å². The van der Waals surface area contributed by atoms with Gasteiger partial charge in [0.25, 0.3) is 0 Å². The molecule has 0 aliphatic carbocycles. The zero-order valence-electron chi connectivity index (χ0n) is 12.3. The Morgan fingerprint density at radius 3 is 2.91 bits per heavy atom. The highest BCUT2D eigenvalue weighted by atomic mass is 32.2. The molecule has 1 amide bonds. The molecule has 0 fully saturated rings. The van der Waals surface area contributed by atoms with Crippen LogP contribution in [-0.2, 0) is 15.3 Å². The van der Waals surface area contributed by atoms with Crippen molar-refractivity contribution in [3.05, 3.63) is 42.5 Å². The normalized spacial score (nSPS) is 11.3. The van der Waals surface area contributed by atoms with E-state index in [1.807, 2.05) is 24.3 Å². The molecule has 1 aromatic carbocycles. The van der Waals surface area contributed by atoms with Crippen LogP contribution in [0.2, 0.25) is 0 Å². The quantitative estimate of drug-likeness (QED) is 0.678. The zero-order chi connectivity index (χ0) is 16.4. The van der Waals surface area contributed by atoms with Gasteiger partial charge >= 0.3 is 12.1 Å². The number of hydrogen-bond acceptors (Lipinski definition) is 5. The molecule has 0 radical (unpaired) electrons. The molecule has 7 heteroatoms. The Morgan fingerprint density at radius 2 is 2.27 bits per heavy atom. The van der Waals surface area contributed by atoms with Crippen LogP contribution < -0.4 is 10.1 Å². The lowest BCUT2D eigenvalue weighted by Gasteiger charge is -2.14. The summed E-state index contributed by atoms with van der Waals surface area (Å²) in [5, 5.41) is 11.4. The monoisotopic (exact) mass is 325 g/mol. The Hall–Kier alpha value is -2.15. The van der Waals surface area contributed by atoms with Crippen molar-refractivity contribution in [1.82, 2.24) is 5.32 Å². The fourth-order valence-corrected chi connectivity index (χ4v) is 2.54. The van der Waals surface area contributed by atoms with Crippen LogP contribution >= 0.6 is 11.8 Å². The van der Waals surface area contributed by atoms with E-state index in [9.17, 15) is 9.59 Å². The minimum Gasteiger partial charge on any atom is -0.497 e. The molecule has 0 aliphatic heterocycles. The first-order chi connectivity index (χ1) is 10.6. The van der Waals surface area contributed by atoms with Gasteiger partial charge in [0.1, 0.15) is 18.4 Å². The number of alkyl carbamates (subject to hydrolysis) is 1. The first-order valence-electron chi connectivity index (χ1n) is 6.54. The SMILES string of the molecule is C=CCOC(=O)NC(CSCc1cccc(OC)c1)C(=O)O. The van der Waals surface area contributed by atoms with E-state index in [1.165, 1.54) is 17.8 Å². The van der Waals surface area contributed by atoms with Gasteiger partial charge in [-0.3, -0.25) is 0 Å². The maximum Gasteiger partial charge on any atom is 0.408 e. The molecule has 0 aliphatic rings. The molecule has 2 N–H and O–H groups in total. The molecule has 0 aromatic heterocycles. The minimum absolute atomic E-state index is 0.0368. The highest BCUT2D eigenvalue weighted by Gasteiger charge is 2.20. The van der Waals surface area contributed by atoms with E-state index in [4.69, 9.17) is 14.6 Å². The van der Waals surface area contributed by atoms with Gasteiger partial charge in [-0.1, -0.05) is 24.8 Å². The summed E-state index contributed by atoms with van der Waals surface area (Å²) >= 11 is 1.40. The van der Waals surface area contributed by atoms with E-state index < -0.39 is 18.1 Å². The molecule has 1 rings (SSSR count). The number of hydrogen-bond donors (Lipinski definition) is 2. The van der Waals surface area contributed by atoms with Gasteiger partial charge < -0.3 is 19.9 Å². The number of amides is 1. The number of ether oxygens (including phenoxy) is 2. The summed E-state index contributed by atoms with van der Waals surface area (Å²) in [4.78, 5) is 22.5.